The Morgan fingerprint density at radius 3 is 2.26 bits per heavy atom. The Hall–Kier alpha value is -1.59. The number of carbonyl (C=O) groups excluding carboxylic acids is 1. The maximum atomic E-state index is 13.6. The Kier molecular flexibility index (Phi) is 8.34. The number of phenolic OH excluding ortho intramolecular Hbond substituents is 1. The molecule has 2 aliphatic heterocycles. The predicted molar refractivity (Wildman–Crippen MR) is 139 cm³/mol. The van der Waals surface area contributed by atoms with Crippen LogP contribution in [0.15, 0.2) is 24.3 Å². The molecule has 5 nitrogen and oxygen atoms in total. The summed E-state index contributed by atoms with van der Waals surface area (Å²) in [5.74, 6) is 1.64. The average molecular weight is 483 g/mol. The summed E-state index contributed by atoms with van der Waals surface area (Å²) in [6.07, 6.45) is 15.8. The van der Waals surface area contributed by atoms with Crippen molar-refractivity contribution in [3.8, 4) is 5.75 Å². The third-order valence-corrected chi connectivity index (χ3v) is 9.72. The van der Waals surface area contributed by atoms with Gasteiger partial charge in [0.15, 0.2) is 0 Å². The van der Waals surface area contributed by atoms with E-state index < -0.39 is 6.10 Å². The SMILES string of the molecule is O=C([C@@H](O)C1CCCCC1)N(CCN1C2CCC1CC(c1cccc(O)c1)C2)CC1CCCCC1. The summed E-state index contributed by atoms with van der Waals surface area (Å²) < 4.78 is 0. The van der Waals surface area contributed by atoms with Crippen LogP contribution in [0.2, 0.25) is 0 Å². The number of fused-ring (bicyclic) bond motifs is 2. The molecule has 3 atom stereocenters. The highest BCUT2D eigenvalue weighted by Gasteiger charge is 2.41. The fourth-order valence-electron chi connectivity index (χ4n) is 7.74. The number of amides is 1. The minimum Gasteiger partial charge on any atom is -0.508 e. The first-order valence-electron chi connectivity index (χ1n) is 14.6. The first-order chi connectivity index (χ1) is 17.1. The van der Waals surface area contributed by atoms with Crippen LogP contribution in [0.1, 0.15) is 101 Å². The lowest BCUT2D eigenvalue weighted by Gasteiger charge is -2.41. The molecule has 0 spiro atoms. The van der Waals surface area contributed by atoms with Gasteiger partial charge in [0.1, 0.15) is 11.9 Å². The smallest absolute Gasteiger partial charge is 0.251 e. The molecule has 2 heterocycles. The minimum absolute atomic E-state index is 0.00414. The van der Waals surface area contributed by atoms with Crippen molar-refractivity contribution in [3.63, 3.8) is 0 Å². The van der Waals surface area contributed by atoms with Crippen LogP contribution in [0, 0.1) is 11.8 Å². The molecule has 5 rings (SSSR count). The van der Waals surface area contributed by atoms with E-state index in [9.17, 15) is 15.0 Å². The summed E-state index contributed by atoms with van der Waals surface area (Å²) in [6.45, 7) is 2.51. The lowest BCUT2D eigenvalue weighted by atomic mass is 9.84. The highest BCUT2D eigenvalue weighted by atomic mass is 16.3. The molecule has 35 heavy (non-hydrogen) atoms. The van der Waals surface area contributed by atoms with Crippen LogP contribution in [-0.2, 0) is 4.79 Å². The molecule has 2 aliphatic carbocycles. The zero-order valence-electron chi connectivity index (χ0n) is 21.5. The van der Waals surface area contributed by atoms with E-state index in [0.717, 1.165) is 58.2 Å². The molecule has 2 bridgehead atoms. The second-order valence-electron chi connectivity index (χ2n) is 12.0. The fraction of sp³-hybridized carbons (Fsp3) is 0.767. The Balaban J connectivity index is 1.22. The molecule has 2 unspecified atom stereocenters. The van der Waals surface area contributed by atoms with E-state index in [1.807, 2.05) is 12.1 Å². The van der Waals surface area contributed by atoms with Crippen molar-refractivity contribution in [3.05, 3.63) is 29.8 Å². The van der Waals surface area contributed by atoms with E-state index in [0.29, 0.717) is 29.7 Å². The molecule has 0 aromatic heterocycles. The predicted octanol–water partition coefficient (Wildman–Crippen LogP) is 5.45. The summed E-state index contributed by atoms with van der Waals surface area (Å²) in [7, 11) is 0. The standard InChI is InChI=1S/C30H46N2O3/c33-28-13-7-12-24(20-28)25-18-26-14-15-27(19-25)32(26)17-16-31(21-22-8-3-1-4-9-22)30(35)29(34)23-10-5-2-6-11-23/h7,12-13,20,22-23,25-27,29,33-34H,1-6,8-11,14-19,21H2/t25?,26?,27?,29-/m0/s1. The Morgan fingerprint density at radius 1 is 0.943 bits per heavy atom. The van der Waals surface area contributed by atoms with Gasteiger partial charge in [-0.1, -0.05) is 50.7 Å². The maximum absolute atomic E-state index is 13.6. The normalized spacial score (nSPS) is 29.2. The van der Waals surface area contributed by atoms with E-state index in [1.54, 1.807) is 6.07 Å². The molecule has 4 fully saturated rings. The van der Waals surface area contributed by atoms with E-state index in [4.69, 9.17) is 0 Å². The summed E-state index contributed by atoms with van der Waals surface area (Å²) in [4.78, 5) is 18.3. The first kappa shape index (κ1) is 25.1. The average Bonchev–Trinajstić information content (AvgIpc) is 3.13. The van der Waals surface area contributed by atoms with Gasteiger partial charge >= 0.3 is 0 Å². The number of hydrogen-bond acceptors (Lipinski definition) is 4. The number of phenols is 1. The van der Waals surface area contributed by atoms with Gasteiger partial charge in [0, 0.05) is 31.7 Å². The van der Waals surface area contributed by atoms with E-state index in [1.165, 1.54) is 56.9 Å². The van der Waals surface area contributed by atoms with Gasteiger partial charge in [-0.3, -0.25) is 9.69 Å². The van der Waals surface area contributed by atoms with Gasteiger partial charge in [0.25, 0.3) is 5.91 Å². The largest absolute Gasteiger partial charge is 0.508 e. The number of carbonyl (C=O) groups is 1. The number of aromatic hydroxyl groups is 1. The molecule has 194 valence electrons. The number of aliphatic hydroxyl groups is 1. The number of rotatable bonds is 8. The number of piperidine rings is 1. The van der Waals surface area contributed by atoms with Gasteiger partial charge in [-0.05, 0) is 86.8 Å². The van der Waals surface area contributed by atoms with Gasteiger partial charge in [-0.2, -0.15) is 0 Å². The molecule has 5 heteroatoms. The van der Waals surface area contributed by atoms with Crippen LogP contribution in [-0.4, -0.2) is 63.7 Å². The second kappa shape index (κ2) is 11.6. The van der Waals surface area contributed by atoms with Gasteiger partial charge in [0.2, 0.25) is 0 Å². The van der Waals surface area contributed by atoms with Crippen molar-refractivity contribution in [1.82, 2.24) is 9.80 Å². The molecule has 1 aromatic rings. The highest BCUT2D eigenvalue weighted by molar-refractivity contribution is 5.81. The van der Waals surface area contributed by atoms with Gasteiger partial charge in [-0.25, -0.2) is 0 Å². The van der Waals surface area contributed by atoms with Gasteiger partial charge in [0.05, 0.1) is 0 Å². The van der Waals surface area contributed by atoms with Crippen molar-refractivity contribution >= 4 is 5.91 Å². The lowest BCUT2D eigenvalue weighted by molar-refractivity contribution is -0.145. The number of benzene rings is 1. The summed E-state index contributed by atoms with van der Waals surface area (Å²) in [6, 6.07) is 8.96. The van der Waals surface area contributed by atoms with Crippen LogP contribution >= 0.6 is 0 Å². The van der Waals surface area contributed by atoms with E-state index in [2.05, 4.69) is 15.9 Å². The third-order valence-electron chi connectivity index (χ3n) is 9.72. The molecule has 2 saturated carbocycles. The number of nitrogens with zero attached hydrogens (tertiary/aromatic N) is 2. The van der Waals surface area contributed by atoms with E-state index >= 15 is 0 Å². The zero-order valence-corrected chi connectivity index (χ0v) is 21.5. The van der Waals surface area contributed by atoms with Crippen molar-refractivity contribution in [1.29, 1.82) is 0 Å². The van der Waals surface area contributed by atoms with Crippen molar-refractivity contribution in [2.24, 2.45) is 11.8 Å². The second-order valence-corrected chi connectivity index (χ2v) is 12.0. The van der Waals surface area contributed by atoms with Crippen LogP contribution in [0.4, 0.5) is 0 Å². The number of hydrogen-bond donors (Lipinski definition) is 2. The summed E-state index contributed by atoms with van der Waals surface area (Å²) in [5.41, 5.74) is 1.27. The van der Waals surface area contributed by atoms with Crippen molar-refractivity contribution in [2.75, 3.05) is 19.6 Å². The molecule has 4 aliphatic rings. The molecular weight excluding hydrogens is 436 g/mol. The van der Waals surface area contributed by atoms with Gasteiger partial charge < -0.3 is 15.1 Å². The summed E-state index contributed by atoms with van der Waals surface area (Å²) in [5, 5.41) is 21.0. The molecule has 1 amide bonds. The minimum atomic E-state index is -0.813. The van der Waals surface area contributed by atoms with Crippen molar-refractivity contribution in [2.45, 2.75) is 114 Å². The zero-order chi connectivity index (χ0) is 24.2. The maximum Gasteiger partial charge on any atom is 0.251 e. The Morgan fingerprint density at radius 2 is 1.60 bits per heavy atom. The van der Waals surface area contributed by atoms with Crippen LogP contribution in [0.5, 0.6) is 5.75 Å². The van der Waals surface area contributed by atoms with Crippen molar-refractivity contribution < 1.29 is 15.0 Å². The lowest BCUT2D eigenvalue weighted by Crippen LogP contribution is -2.50. The molecule has 2 saturated heterocycles. The number of aliphatic hydroxyl groups excluding tert-OH is 1. The third kappa shape index (κ3) is 6.05. The Labute approximate surface area is 211 Å². The topological polar surface area (TPSA) is 64.0 Å². The highest BCUT2D eigenvalue weighted by Crippen LogP contribution is 2.43. The van der Waals surface area contributed by atoms with E-state index in [-0.39, 0.29) is 11.8 Å². The molecular formula is C30H46N2O3. The molecule has 2 N–H and O–H groups in total. The first-order valence-corrected chi connectivity index (χ1v) is 14.6. The quantitative estimate of drug-likeness (QED) is 0.517. The molecule has 1 aromatic carbocycles. The Bertz CT molecular complexity index is 819. The van der Waals surface area contributed by atoms with Crippen LogP contribution in [0.25, 0.3) is 0 Å². The van der Waals surface area contributed by atoms with Crippen LogP contribution < -0.4 is 0 Å². The summed E-state index contributed by atoms with van der Waals surface area (Å²) >= 11 is 0. The monoisotopic (exact) mass is 482 g/mol. The van der Waals surface area contributed by atoms with Crippen LogP contribution in [0.3, 0.4) is 0 Å². The molecule has 0 radical (unpaired) electrons. The fourth-order valence-corrected chi connectivity index (χ4v) is 7.74. The van der Waals surface area contributed by atoms with Gasteiger partial charge in [-0.15, -0.1) is 0 Å².